The third-order valence-corrected chi connectivity index (χ3v) is 4.31. The first-order valence-corrected chi connectivity index (χ1v) is 7.60. The number of rotatable bonds is 4. The highest BCUT2D eigenvalue weighted by Crippen LogP contribution is 2.20. The lowest BCUT2D eigenvalue weighted by Crippen LogP contribution is -2.18. The molecular weight excluding hydrogens is 266 g/mol. The van der Waals surface area contributed by atoms with E-state index < -0.39 is 0 Å². The molecule has 2 aromatic heterocycles. The predicted octanol–water partition coefficient (Wildman–Crippen LogP) is 3.85. The maximum atomic E-state index is 4.58. The van der Waals surface area contributed by atoms with Crippen molar-refractivity contribution in [3.8, 4) is 0 Å². The fraction of sp³-hybridized carbons (Fsp3) is 0.250. The van der Waals surface area contributed by atoms with Crippen LogP contribution in [0.15, 0.2) is 41.9 Å². The number of nitrogens with one attached hydrogen (secondary N) is 1. The van der Waals surface area contributed by atoms with Crippen molar-refractivity contribution in [3.63, 3.8) is 0 Å². The van der Waals surface area contributed by atoms with E-state index in [0.29, 0.717) is 0 Å². The Bertz CT molecular complexity index is 707. The van der Waals surface area contributed by atoms with Crippen LogP contribution in [0.4, 0.5) is 0 Å². The zero-order chi connectivity index (χ0) is 13.9. The zero-order valence-electron chi connectivity index (χ0n) is 11.6. The average Bonchev–Trinajstić information content (AvgIpc) is 2.98. The van der Waals surface area contributed by atoms with Gasteiger partial charge < -0.3 is 5.32 Å². The third kappa shape index (κ3) is 2.71. The average molecular weight is 283 g/mol. The highest BCUT2D eigenvalue weighted by atomic mass is 32.1. The van der Waals surface area contributed by atoms with Gasteiger partial charge in [0.05, 0.1) is 11.6 Å². The molecule has 1 aromatic carbocycles. The van der Waals surface area contributed by atoms with Crippen LogP contribution in [-0.2, 0) is 6.54 Å². The van der Waals surface area contributed by atoms with Crippen molar-refractivity contribution < 1.29 is 0 Å². The van der Waals surface area contributed by atoms with E-state index in [0.717, 1.165) is 22.8 Å². The predicted molar refractivity (Wildman–Crippen MR) is 83.8 cm³/mol. The summed E-state index contributed by atoms with van der Waals surface area (Å²) in [5.41, 5.74) is 3.41. The number of fused-ring (bicyclic) bond motifs is 1. The van der Waals surface area contributed by atoms with Crippen molar-refractivity contribution in [1.82, 2.24) is 15.3 Å². The molecule has 0 fully saturated rings. The first kappa shape index (κ1) is 13.2. The van der Waals surface area contributed by atoms with Gasteiger partial charge in [-0.2, -0.15) is 0 Å². The molecule has 1 atom stereocenters. The Morgan fingerprint density at radius 3 is 2.95 bits per heavy atom. The van der Waals surface area contributed by atoms with Crippen LogP contribution in [0.5, 0.6) is 0 Å². The second kappa shape index (κ2) is 5.69. The molecule has 3 rings (SSSR count). The van der Waals surface area contributed by atoms with Gasteiger partial charge in [-0.3, -0.25) is 4.98 Å². The minimum Gasteiger partial charge on any atom is -0.304 e. The number of nitrogens with zero attached hydrogens (tertiary/aromatic N) is 2. The van der Waals surface area contributed by atoms with Crippen LogP contribution in [0.25, 0.3) is 10.9 Å². The lowest BCUT2D eigenvalue weighted by atomic mass is 10.1. The number of aryl methyl sites for hydroxylation is 1. The Hall–Kier alpha value is -1.78. The molecule has 0 amide bonds. The highest BCUT2D eigenvalue weighted by molar-refractivity contribution is 7.09. The molecule has 0 aliphatic carbocycles. The molecule has 0 saturated heterocycles. The molecule has 0 radical (unpaired) electrons. The van der Waals surface area contributed by atoms with Crippen LogP contribution in [-0.4, -0.2) is 9.97 Å². The van der Waals surface area contributed by atoms with Gasteiger partial charge in [0.1, 0.15) is 5.01 Å². The topological polar surface area (TPSA) is 37.8 Å². The first-order chi connectivity index (χ1) is 9.74. The summed E-state index contributed by atoms with van der Waals surface area (Å²) in [7, 11) is 0. The number of pyridine rings is 1. The molecule has 0 aliphatic heterocycles. The van der Waals surface area contributed by atoms with Crippen LogP contribution in [0.2, 0.25) is 0 Å². The van der Waals surface area contributed by atoms with E-state index in [2.05, 4.69) is 46.5 Å². The van der Waals surface area contributed by atoms with E-state index in [1.54, 1.807) is 11.3 Å². The quantitative estimate of drug-likeness (QED) is 0.790. The van der Waals surface area contributed by atoms with Crippen molar-refractivity contribution in [2.45, 2.75) is 26.4 Å². The summed E-state index contributed by atoms with van der Waals surface area (Å²) in [6.45, 7) is 5.01. The molecule has 3 nitrogen and oxygen atoms in total. The van der Waals surface area contributed by atoms with E-state index in [1.165, 1.54) is 10.9 Å². The Morgan fingerprint density at radius 2 is 2.15 bits per heavy atom. The number of aromatic nitrogens is 2. The van der Waals surface area contributed by atoms with Gasteiger partial charge in [-0.05, 0) is 31.5 Å². The smallest absolute Gasteiger partial charge is 0.109 e. The third-order valence-electron chi connectivity index (χ3n) is 3.35. The van der Waals surface area contributed by atoms with Crippen molar-refractivity contribution in [2.75, 3.05) is 0 Å². The Morgan fingerprint density at radius 1 is 1.30 bits per heavy atom. The molecule has 0 bridgehead atoms. The Kier molecular flexibility index (Phi) is 3.76. The lowest BCUT2D eigenvalue weighted by molar-refractivity contribution is 0.573. The molecule has 2 heterocycles. The van der Waals surface area contributed by atoms with Gasteiger partial charge in [-0.1, -0.05) is 18.2 Å². The summed E-state index contributed by atoms with van der Waals surface area (Å²) in [5.74, 6) is 0. The highest BCUT2D eigenvalue weighted by Gasteiger charge is 2.09. The van der Waals surface area contributed by atoms with Crippen LogP contribution >= 0.6 is 11.3 Å². The van der Waals surface area contributed by atoms with Crippen LogP contribution < -0.4 is 5.32 Å². The standard InChI is InChI=1S/C16H17N3S/c1-11-9-13(14-5-3-4-6-15(14)19-11)10-18-12(2)16-17-7-8-20-16/h3-9,12,18H,10H2,1-2H3. The SMILES string of the molecule is Cc1cc(CNC(C)c2nccs2)c2ccccc2n1. The van der Waals surface area contributed by atoms with Gasteiger partial charge in [-0.15, -0.1) is 11.3 Å². The molecule has 0 aliphatic rings. The fourth-order valence-electron chi connectivity index (χ4n) is 2.34. The largest absolute Gasteiger partial charge is 0.304 e. The molecular formula is C16H17N3S. The maximum absolute atomic E-state index is 4.58. The van der Waals surface area contributed by atoms with Crippen LogP contribution in [0.1, 0.15) is 29.2 Å². The van der Waals surface area contributed by atoms with Gasteiger partial charge in [-0.25, -0.2) is 4.98 Å². The van der Waals surface area contributed by atoms with Gasteiger partial charge in [0.25, 0.3) is 0 Å². The van der Waals surface area contributed by atoms with E-state index in [4.69, 9.17) is 0 Å². The minimum atomic E-state index is 0.266. The summed E-state index contributed by atoms with van der Waals surface area (Å²) in [5, 5.41) is 7.90. The van der Waals surface area contributed by atoms with E-state index >= 15 is 0 Å². The molecule has 102 valence electrons. The molecule has 20 heavy (non-hydrogen) atoms. The minimum absolute atomic E-state index is 0.266. The molecule has 0 saturated carbocycles. The monoisotopic (exact) mass is 283 g/mol. The van der Waals surface area contributed by atoms with Crippen LogP contribution in [0, 0.1) is 6.92 Å². The molecule has 1 N–H and O–H groups in total. The van der Waals surface area contributed by atoms with Crippen molar-refractivity contribution in [3.05, 3.63) is 58.2 Å². The van der Waals surface area contributed by atoms with Crippen molar-refractivity contribution in [1.29, 1.82) is 0 Å². The molecule has 1 unspecified atom stereocenters. The summed E-state index contributed by atoms with van der Waals surface area (Å²) < 4.78 is 0. The first-order valence-electron chi connectivity index (χ1n) is 6.72. The molecule has 3 aromatic rings. The number of benzene rings is 1. The Labute approximate surface area is 122 Å². The second-order valence-corrected chi connectivity index (χ2v) is 5.84. The lowest BCUT2D eigenvalue weighted by Gasteiger charge is -2.13. The van der Waals surface area contributed by atoms with Gasteiger partial charge in [0, 0.05) is 29.2 Å². The zero-order valence-corrected chi connectivity index (χ0v) is 12.4. The molecule has 4 heteroatoms. The van der Waals surface area contributed by atoms with E-state index in [9.17, 15) is 0 Å². The summed E-state index contributed by atoms with van der Waals surface area (Å²) in [6.07, 6.45) is 1.85. The molecule has 0 spiro atoms. The number of hydrogen-bond acceptors (Lipinski definition) is 4. The summed E-state index contributed by atoms with van der Waals surface area (Å²) in [4.78, 5) is 8.93. The van der Waals surface area contributed by atoms with Crippen molar-refractivity contribution >= 4 is 22.2 Å². The summed E-state index contributed by atoms with van der Waals surface area (Å²) >= 11 is 1.69. The van der Waals surface area contributed by atoms with Gasteiger partial charge in [0.2, 0.25) is 0 Å². The number of para-hydroxylation sites is 1. The summed E-state index contributed by atoms with van der Waals surface area (Å²) in [6, 6.07) is 10.7. The van der Waals surface area contributed by atoms with Crippen molar-refractivity contribution in [2.24, 2.45) is 0 Å². The van der Waals surface area contributed by atoms with Crippen LogP contribution in [0.3, 0.4) is 0 Å². The van der Waals surface area contributed by atoms with Gasteiger partial charge in [0.15, 0.2) is 0 Å². The second-order valence-electron chi connectivity index (χ2n) is 4.91. The normalized spacial score (nSPS) is 12.7. The Balaban J connectivity index is 1.84. The van der Waals surface area contributed by atoms with E-state index in [1.807, 2.05) is 24.6 Å². The fourth-order valence-corrected chi connectivity index (χ4v) is 3.01. The number of thiazole rings is 1. The van der Waals surface area contributed by atoms with E-state index in [-0.39, 0.29) is 6.04 Å². The maximum Gasteiger partial charge on any atom is 0.109 e. The van der Waals surface area contributed by atoms with Gasteiger partial charge >= 0.3 is 0 Å². The number of hydrogen-bond donors (Lipinski definition) is 1.